The Kier molecular flexibility index (Phi) is 4.55. The van der Waals surface area contributed by atoms with Crippen LogP contribution in [0.5, 0.6) is 0 Å². The molecule has 0 amide bonds. The zero-order valence-corrected chi connectivity index (χ0v) is 13.4. The maximum absolute atomic E-state index is 5.76. The second-order valence-corrected chi connectivity index (χ2v) is 6.34. The molecule has 0 bridgehead atoms. The third kappa shape index (κ3) is 3.27. The first-order valence-corrected chi connectivity index (χ1v) is 8.53. The maximum atomic E-state index is 5.76. The van der Waals surface area contributed by atoms with E-state index < -0.39 is 0 Å². The van der Waals surface area contributed by atoms with Crippen LogP contribution in [0.4, 0.5) is 11.8 Å². The van der Waals surface area contributed by atoms with Crippen LogP contribution in [0.1, 0.15) is 33.1 Å². The summed E-state index contributed by atoms with van der Waals surface area (Å²) in [5.41, 5.74) is 0. The van der Waals surface area contributed by atoms with Gasteiger partial charge in [0.15, 0.2) is 0 Å². The number of thiophene rings is 1. The van der Waals surface area contributed by atoms with Crippen molar-refractivity contribution >= 4 is 33.3 Å². The molecular formula is C15H22N4OS. The van der Waals surface area contributed by atoms with Crippen LogP contribution >= 0.6 is 11.3 Å². The number of nitrogens with one attached hydrogen (secondary N) is 2. The Hall–Kier alpha value is -1.40. The van der Waals surface area contributed by atoms with E-state index in [1.807, 2.05) is 0 Å². The van der Waals surface area contributed by atoms with Gasteiger partial charge < -0.3 is 15.4 Å². The molecule has 0 radical (unpaired) electrons. The smallest absolute Gasteiger partial charge is 0.226 e. The summed E-state index contributed by atoms with van der Waals surface area (Å²) >= 11 is 1.65. The lowest BCUT2D eigenvalue weighted by molar-refractivity contribution is 0.0996. The summed E-state index contributed by atoms with van der Waals surface area (Å²) < 4.78 is 5.76. The number of anilines is 2. The first-order valence-electron chi connectivity index (χ1n) is 7.65. The van der Waals surface area contributed by atoms with E-state index in [4.69, 9.17) is 4.74 Å². The lowest BCUT2D eigenvalue weighted by Gasteiger charge is -2.21. The van der Waals surface area contributed by atoms with Crippen LogP contribution in [0.15, 0.2) is 11.4 Å². The Morgan fingerprint density at radius 1 is 1.48 bits per heavy atom. The monoisotopic (exact) mass is 306 g/mol. The second-order valence-electron chi connectivity index (χ2n) is 5.45. The first-order chi connectivity index (χ1) is 10.3. The third-order valence-corrected chi connectivity index (χ3v) is 4.55. The van der Waals surface area contributed by atoms with E-state index in [0.717, 1.165) is 48.4 Å². The van der Waals surface area contributed by atoms with Crippen molar-refractivity contribution in [1.29, 1.82) is 0 Å². The number of fused-ring (bicyclic) bond motifs is 1. The van der Waals surface area contributed by atoms with Gasteiger partial charge in [-0.15, -0.1) is 11.3 Å². The topological polar surface area (TPSA) is 59.1 Å². The molecule has 3 rings (SSSR count). The molecule has 5 nitrogen and oxygen atoms in total. The van der Waals surface area contributed by atoms with Crippen LogP contribution in [0.25, 0.3) is 10.2 Å². The minimum absolute atomic E-state index is 0.254. The van der Waals surface area contributed by atoms with Gasteiger partial charge in [-0.2, -0.15) is 4.98 Å². The number of aromatic nitrogens is 2. The fourth-order valence-corrected chi connectivity index (χ4v) is 3.35. The van der Waals surface area contributed by atoms with E-state index in [1.165, 1.54) is 0 Å². The molecule has 2 aromatic rings. The summed E-state index contributed by atoms with van der Waals surface area (Å²) in [7, 11) is 0. The molecule has 0 aromatic carbocycles. The SMILES string of the molecule is CCCNc1nc(NC(C)C2CCCO2)c2ccsc2n1. The minimum atomic E-state index is 0.254. The molecule has 2 N–H and O–H groups in total. The summed E-state index contributed by atoms with van der Waals surface area (Å²) in [6, 6.07) is 2.33. The Balaban J connectivity index is 1.83. The molecule has 1 fully saturated rings. The lowest BCUT2D eigenvalue weighted by Crippen LogP contribution is -2.30. The van der Waals surface area contributed by atoms with Gasteiger partial charge in [0.05, 0.1) is 17.5 Å². The van der Waals surface area contributed by atoms with Gasteiger partial charge in [0.2, 0.25) is 5.95 Å². The van der Waals surface area contributed by atoms with Gasteiger partial charge in [0.25, 0.3) is 0 Å². The van der Waals surface area contributed by atoms with Crippen molar-refractivity contribution < 1.29 is 4.74 Å². The number of hydrogen-bond donors (Lipinski definition) is 2. The van der Waals surface area contributed by atoms with Gasteiger partial charge in [-0.3, -0.25) is 0 Å². The van der Waals surface area contributed by atoms with Crippen LogP contribution in [-0.4, -0.2) is 35.3 Å². The number of rotatable bonds is 6. The molecule has 2 aromatic heterocycles. The molecule has 0 aliphatic carbocycles. The van der Waals surface area contributed by atoms with Crippen molar-refractivity contribution in [3.63, 3.8) is 0 Å². The maximum Gasteiger partial charge on any atom is 0.226 e. The summed E-state index contributed by atoms with van der Waals surface area (Å²) in [6.07, 6.45) is 3.60. The predicted molar refractivity (Wildman–Crippen MR) is 88.3 cm³/mol. The van der Waals surface area contributed by atoms with Crippen LogP contribution in [0.3, 0.4) is 0 Å². The molecule has 0 spiro atoms. The molecule has 2 atom stereocenters. The fraction of sp³-hybridized carbons (Fsp3) is 0.600. The van der Waals surface area contributed by atoms with E-state index in [0.29, 0.717) is 5.95 Å². The number of ether oxygens (including phenoxy) is 1. The van der Waals surface area contributed by atoms with Gasteiger partial charge in [-0.25, -0.2) is 4.98 Å². The second kappa shape index (κ2) is 6.58. The standard InChI is InChI=1S/C15H22N4OS/c1-3-7-16-15-18-13(11-6-9-21-14(11)19-15)17-10(2)12-5-4-8-20-12/h6,9-10,12H,3-5,7-8H2,1-2H3,(H2,16,17,18,19). The van der Waals surface area contributed by atoms with E-state index in [9.17, 15) is 0 Å². The van der Waals surface area contributed by atoms with Crippen LogP contribution in [-0.2, 0) is 4.74 Å². The third-order valence-electron chi connectivity index (χ3n) is 3.75. The summed E-state index contributed by atoms with van der Waals surface area (Å²) in [6.45, 7) is 6.06. The fourth-order valence-electron chi connectivity index (χ4n) is 2.59. The average molecular weight is 306 g/mol. The van der Waals surface area contributed by atoms with Gasteiger partial charge in [0, 0.05) is 13.2 Å². The van der Waals surface area contributed by atoms with Crippen molar-refractivity contribution in [2.24, 2.45) is 0 Å². The number of hydrogen-bond acceptors (Lipinski definition) is 6. The van der Waals surface area contributed by atoms with Crippen molar-refractivity contribution in [1.82, 2.24) is 9.97 Å². The van der Waals surface area contributed by atoms with Crippen molar-refractivity contribution in [2.45, 2.75) is 45.3 Å². The number of nitrogens with zero attached hydrogens (tertiary/aromatic N) is 2. The van der Waals surface area contributed by atoms with Gasteiger partial charge in [0.1, 0.15) is 10.6 Å². The highest BCUT2D eigenvalue weighted by molar-refractivity contribution is 7.16. The van der Waals surface area contributed by atoms with Crippen LogP contribution in [0.2, 0.25) is 0 Å². The molecular weight excluding hydrogens is 284 g/mol. The van der Waals surface area contributed by atoms with Crippen molar-refractivity contribution in [3.05, 3.63) is 11.4 Å². The van der Waals surface area contributed by atoms with E-state index in [-0.39, 0.29) is 12.1 Å². The molecule has 1 aliphatic heterocycles. The highest BCUT2D eigenvalue weighted by Gasteiger charge is 2.23. The Morgan fingerprint density at radius 3 is 3.14 bits per heavy atom. The van der Waals surface area contributed by atoms with E-state index in [2.05, 4.69) is 45.9 Å². The Morgan fingerprint density at radius 2 is 2.38 bits per heavy atom. The van der Waals surface area contributed by atoms with E-state index >= 15 is 0 Å². The molecule has 21 heavy (non-hydrogen) atoms. The van der Waals surface area contributed by atoms with Crippen molar-refractivity contribution in [3.8, 4) is 0 Å². The summed E-state index contributed by atoms with van der Waals surface area (Å²) in [4.78, 5) is 10.2. The highest BCUT2D eigenvalue weighted by atomic mass is 32.1. The Bertz CT molecular complexity index is 594. The molecule has 0 saturated carbocycles. The summed E-state index contributed by atoms with van der Waals surface area (Å²) in [5.74, 6) is 1.61. The quantitative estimate of drug-likeness (QED) is 0.855. The molecule has 3 heterocycles. The largest absolute Gasteiger partial charge is 0.376 e. The predicted octanol–water partition coefficient (Wildman–Crippen LogP) is 3.49. The lowest BCUT2D eigenvalue weighted by atomic mass is 10.1. The molecule has 1 saturated heterocycles. The van der Waals surface area contributed by atoms with Gasteiger partial charge in [-0.1, -0.05) is 6.92 Å². The molecule has 6 heteroatoms. The van der Waals surface area contributed by atoms with Crippen LogP contribution in [0, 0.1) is 0 Å². The van der Waals surface area contributed by atoms with Crippen molar-refractivity contribution in [2.75, 3.05) is 23.8 Å². The normalized spacial score (nSPS) is 19.8. The van der Waals surface area contributed by atoms with E-state index in [1.54, 1.807) is 11.3 Å². The average Bonchev–Trinajstić information content (AvgIpc) is 3.15. The highest BCUT2D eigenvalue weighted by Crippen LogP contribution is 2.28. The van der Waals surface area contributed by atoms with Gasteiger partial charge in [-0.05, 0) is 37.6 Å². The van der Waals surface area contributed by atoms with Gasteiger partial charge >= 0.3 is 0 Å². The molecule has 114 valence electrons. The zero-order valence-electron chi connectivity index (χ0n) is 12.6. The zero-order chi connectivity index (χ0) is 14.7. The molecule has 2 unspecified atom stereocenters. The first kappa shape index (κ1) is 14.5. The van der Waals surface area contributed by atoms with Crippen LogP contribution < -0.4 is 10.6 Å². The molecule has 1 aliphatic rings. The minimum Gasteiger partial charge on any atom is -0.376 e. The summed E-state index contributed by atoms with van der Waals surface area (Å²) in [5, 5.41) is 9.94. The Labute approximate surface area is 129 Å².